The molecule has 1 aliphatic carbocycles. The van der Waals surface area contributed by atoms with E-state index in [2.05, 4.69) is 44.5 Å². The first-order valence-electron chi connectivity index (χ1n) is 8.47. The van der Waals surface area contributed by atoms with E-state index in [1.165, 1.54) is 38.6 Å². The van der Waals surface area contributed by atoms with Crippen LogP contribution in [0.3, 0.4) is 0 Å². The van der Waals surface area contributed by atoms with Gasteiger partial charge >= 0.3 is 0 Å². The predicted molar refractivity (Wildman–Crippen MR) is 86.9 cm³/mol. The van der Waals surface area contributed by atoms with Gasteiger partial charge in [0.25, 0.3) is 0 Å². The van der Waals surface area contributed by atoms with Crippen LogP contribution in [-0.2, 0) is 0 Å². The molecule has 1 aliphatic heterocycles. The molecular weight excluding hydrogens is 246 g/mol. The van der Waals surface area contributed by atoms with Gasteiger partial charge in [-0.25, -0.2) is 0 Å². The standard InChI is InChI=1S/C17H35N3/c1-14(2)20-11-10-17(12-18,13-20)19(5)15-6-8-16(3,4)9-7-15/h14-15H,6-13,18H2,1-5H3. The molecule has 0 aromatic heterocycles. The van der Waals surface area contributed by atoms with E-state index in [1.807, 2.05) is 0 Å². The summed E-state index contributed by atoms with van der Waals surface area (Å²) in [4.78, 5) is 5.25. The fourth-order valence-electron chi connectivity index (χ4n) is 4.09. The Balaban J connectivity index is 2.01. The lowest BCUT2D eigenvalue weighted by Gasteiger charge is -2.47. The lowest BCUT2D eigenvalue weighted by atomic mass is 9.74. The van der Waals surface area contributed by atoms with Gasteiger partial charge in [0.15, 0.2) is 0 Å². The number of nitrogens with zero attached hydrogens (tertiary/aromatic N) is 2. The second kappa shape index (κ2) is 5.94. The van der Waals surface area contributed by atoms with E-state index in [4.69, 9.17) is 5.73 Å². The highest BCUT2D eigenvalue weighted by Gasteiger charge is 2.44. The van der Waals surface area contributed by atoms with E-state index in [9.17, 15) is 0 Å². The van der Waals surface area contributed by atoms with Crippen molar-refractivity contribution in [3.05, 3.63) is 0 Å². The van der Waals surface area contributed by atoms with E-state index >= 15 is 0 Å². The molecule has 3 heteroatoms. The Hall–Kier alpha value is -0.120. The molecule has 1 atom stereocenters. The van der Waals surface area contributed by atoms with Gasteiger partial charge in [-0.3, -0.25) is 9.80 Å². The van der Waals surface area contributed by atoms with Gasteiger partial charge < -0.3 is 5.73 Å². The quantitative estimate of drug-likeness (QED) is 0.860. The van der Waals surface area contributed by atoms with E-state index in [0.29, 0.717) is 11.5 Å². The fraction of sp³-hybridized carbons (Fsp3) is 1.00. The van der Waals surface area contributed by atoms with Gasteiger partial charge in [-0.2, -0.15) is 0 Å². The lowest BCUT2D eigenvalue weighted by Crippen LogP contribution is -2.58. The van der Waals surface area contributed by atoms with Crippen molar-refractivity contribution in [2.24, 2.45) is 11.1 Å². The third kappa shape index (κ3) is 3.20. The summed E-state index contributed by atoms with van der Waals surface area (Å²) in [6.07, 6.45) is 6.63. The summed E-state index contributed by atoms with van der Waals surface area (Å²) in [6, 6.07) is 1.38. The van der Waals surface area contributed by atoms with Gasteiger partial charge in [0, 0.05) is 37.3 Å². The van der Waals surface area contributed by atoms with Crippen LogP contribution < -0.4 is 5.73 Å². The van der Waals surface area contributed by atoms with Gasteiger partial charge in [0.1, 0.15) is 0 Å². The zero-order valence-corrected chi connectivity index (χ0v) is 14.3. The molecule has 1 heterocycles. The number of nitrogens with two attached hydrogens (primary N) is 1. The van der Waals surface area contributed by atoms with Crippen LogP contribution in [0.25, 0.3) is 0 Å². The summed E-state index contributed by atoms with van der Waals surface area (Å²) in [5, 5.41) is 0. The zero-order chi connectivity index (χ0) is 15.0. The highest BCUT2D eigenvalue weighted by molar-refractivity contribution is 5.02. The highest BCUT2D eigenvalue weighted by Crippen LogP contribution is 2.39. The van der Waals surface area contributed by atoms with Crippen LogP contribution in [0.2, 0.25) is 0 Å². The van der Waals surface area contributed by atoms with Crippen molar-refractivity contribution in [1.82, 2.24) is 9.80 Å². The first-order valence-corrected chi connectivity index (χ1v) is 8.47. The van der Waals surface area contributed by atoms with Crippen LogP contribution in [0.5, 0.6) is 0 Å². The van der Waals surface area contributed by atoms with Crippen molar-refractivity contribution in [1.29, 1.82) is 0 Å². The molecule has 1 saturated carbocycles. The van der Waals surface area contributed by atoms with Gasteiger partial charge in [0.2, 0.25) is 0 Å². The third-order valence-electron chi connectivity index (χ3n) is 6.08. The molecule has 0 aromatic rings. The van der Waals surface area contributed by atoms with Crippen molar-refractivity contribution in [2.45, 2.75) is 77.4 Å². The molecule has 0 bridgehead atoms. The van der Waals surface area contributed by atoms with Crippen LogP contribution in [0.15, 0.2) is 0 Å². The first-order chi connectivity index (χ1) is 9.30. The molecule has 0 spiro atoms. The summed E-state index contributed by atoms with van der Waals surface area (Å²) >= 11 is 0. The van der Waals surface area contributed by atoms with E-state index in [1.54, 1.807) is 0 Å². The highest BCUT2D eigenvalue weighted by atomic mass is 15.3. The minimum Gasteiger partial charge on any atom is -0.329 e. The van der Waals surface area contributed by atoms with E-state index in [-0.39, 0.29) is 5.54 Å². The van der Waals surface area contributed by atoms with Gasteiger partial charge in [-0.1, -0.05) is 13.8 Å². The molecule has 0 aromatic carbocycles. The Bertz CT molecular complexity index is 316. The van der Waals surface area contributed by atoms with Crippen LogP contribution in [0.1, 0.15) is 59.8 Å². The Morgan fingerprint density at radius 3 is 2.25 bits per heavy atom. The van der Waals surface area contributed by atoms with E-state index < -0.39 is 0 Å². The number of hydrogen-bond donors (Lipinski definition) is 1. The van der Waals surface area contributed by atoms with Crippen molar-refractivity contribution in [3.8, 4) is 0 Å². The summed E-state index contributed by atoms with van der Waals surface area (Å²) in [6.45, 7) is 12.6. The van der Waals surface area contributed by atoms with Crippen LogP contribution >= 0.6 is 0 Å². The number of hydrogen-bond acceptors (Lipinski definition) is 3. The number of likely N-dealkylation sites (tertiary alicyclic amines) is 1. The SMILES string of the molecule is CC(C)N1CCC(CN)(N(C)C2CCC(C)(C)CC2)C1. The second-order valence-corrected chi connectivity index (χ2v) is 8.25. The molecule has 1 unspecified atom stereocenters. The van der Waals surface area contributed by atoms with E-state index in [0.717, 1.165) is 19.1 Å². The second-order valence-electron chi connectivity index (χ2n) is 8.25. The molecule has 2 N–H and O–H groups in total. The van der Waals surface area contributed by atoms with Crippen molar-refractivity contribution >= 4 is 0 Å². The largest absolute Gasteiger partial charge is 0.329 e. The molecule has 20 heavy (non-hydrogen) atoms. The predicted octanol–water partition coefficient (Wildman–Crippen LogP) is 2.70. The molecule has 0 radical (unpaired) electrons. The van der Waals surface area contributed by atoms with Crippen LogP contribution in [0, 0.1) is 5.41 Å². The zero-order valence-electron chi connectivity index (χ0n) is 14.3. The van der Waals surface area contributed by atoms with Crippen LogP contribution in [0.4, 0.5) is 0 Å². The molecule has 2 aliphatic rings. The Kier molecular flexibility index (Phi) is 4.83. The molecule has 118 valence electrons. The molecule has 1 saturated heterocycles. The number of rotatable bonds is 4. The van der Waals surface area contributed by atoms with Crippen molar-refractivity contribution in [3.63, 3.8) is 0 Å². The monoisotopic (exact) mass is 281 g/mol. The van der Waals surface area contributed by atoms with Crippen LogP contribution in [-0.4, -0.2) is 54.1 Å². The first kappa shape index (κ1) is 16.3. The minimum absolute atomic E-state index is 0.219. The minimum atomic E-state index is 0.219. The van der Waals surface area contributed by atoms with Crippen molar-refractivity contribution in [2.75, 3.05) is 26.7 Å². The fourth-order valence-corrected chi connectivity index (χ4v) is 4.09. The number of likely N-dealkylation sites (N-methyl/N-ethyl adjacent to an activating group) is 1. The lowest BCUT2D eigenvalue weighted by molar-refractivity contribution is 0.0388. The summed E-state index contributed by atoms with van der Waals surface area (Å²) in [7, 11) is 2.33. The summed E-state index contributed by atoms with van der Waals surface area (Å²) < 4.78 is 0. The Morgan fingerprint density at radius 2 is 1.80 bits per heavy atom. The normalized spacial score (nSPS) is 32.4. The maximum atomic E-state index is 6.22. The molecule has 0 amide bonds. The average Bonchev–Trinajstić information content (AvgIpc) is 2.84. The smallest absolute Gasteiger partial charge is 0.0470 e. The molecule has 3 nitrogen and oxygen atoms in total. The Labute approximate surface area is 125 Å². The summed E-state index contributed by atoms with van der Waals surface area (Å²) in [5.41, 5.74) is 6.99. The topological polar surface area (TPSA) is 32.5 Å². The maximum absolute atomic E-state index is 6.22. The van der Waals surface area contributed by atoms with Gasteiger partial charge in [0.05, 0.1) is 0 Å². The molecule has 2 fully saturated rings. The van der Waals surface area contributed by atoms with Gasteiger partial charge in [-0.15, -0.1) is 0 Å². The maximum Gasteiger partial charge on any atom is 0.0470 e. The van der Waals surface area contributed by atoms with Gasteiger partial charge in [-0.05, 0) is 58.4 Å². The average molecular weight is 281 g/mol. The molecular formula is C17H35N3. The molecule has 2 rings (SSSR count). The Morgan fingerprint density at radius 1 is 1.20 bits per heavy atom. The van der Waals surface area contributed by atoms with Crippen molar-refractivity contribution < 1.29 is 0 Å². The third-order valence-corrected chi connectivity index (χ3v) is 6.08. The summed E-state index contributed by atoms with van der Waals surface area (Å²) in [5.74, 6) is 0.